The average Bonchev–Trinajstić information content (AvgIpc) is 2.99. The van der Waals surface area contributed by atoms with Crippen LogP contribution in [0.1, 0.15) is 12.6 Å². The number of anilines is 1. The summed E-state index contributed by atoms with van der Waals surface area (Å²) in [6, 6.07) is 8.55. The third kappa shape index (κ3) is 3.74. The van der Waals surface area contributed by atoms with Gasteiger partial charge in [-0.2, -0.15) is 4.98 Å². The number of benzene rings is 1. The number of phosphoric acid groups is 1. The van der Waals surface area contributed by atoms with E-state index in [1.54, 1.807) is 30.3 Å². The molecule has 1 aromatic carbocycles. The van der Waals surface area contributed by atoms with E-state index in [-0.39, 0.29) is 19.1 Å². The summed E-state index contributed by atoms with van der Waals surface area (Å²) in [4.78, 5) is 15.4. The van der Waals surface area contributed by atoms with Gasteiger partial charge in [-0.3, -0.25) is 13.6 Å². The molecule has 2 aliphatic rings. The zero-order valence-corrected chi connectivity index (χ0v) is 15.0. The van der Waals surface area contributed by atoms with Gasteiger partial charge in [0.2, 0.25) is 0 Å². The Hall–Kier alpha value is -2.26. The van der Waals surface area contributed by atoms with E-state index in [9.17, 15) is 13.8 Å². The van der Waals surface area contributed by atoms with Crippen LogP contribution in [0.2, 0.25) is 0 Å². The Morgan fingerprint density at radius 1 is 1.26 bits per heavy atom. The van der Waals surface area contributed by atoms with E-state index in [2.05, 4.69) is 4.98 Å². The van der Waals surface area contributed by atoms with E-state index < -0.39 is 37.5 Å². The van der Waals surface area contributed by atoms with Gasteiger partial charge < -0.3 is 15.0 Å². The second kappa shape index (κ2) is 7.05. The third-order valence-electron chi connectivity index (χ3n) is 4.41. The van der Waals surface area contributed by atoms with Gasteiger partial charge in [-0.1, -0.05) is 18.2 Å². The van der Waals surface area contributed by atoms with Crippen LogP contribution >= 0.6 is 7.82 Å². The van der Waals surface area contributed by atoms with Crippen molar-refractivity contribution >= 4 is 13.6 Å². The molecule has 144 valence electrons. The summed E-state index contributed by atoms with van der Waals surface area (Å²) in [5.74, 6) is -1.12. The highest BCUT2D eigenvalue weighted by Crippen LogP contribution is 2.53. The topological polar surface area (TPSA) is 115 Å². The predicted molar refractivity (Wildman–Crippen MR) is 91.5 cm³/mol. The smallest absolute Gasteiger partial charge is 0.404 e. The Balaban J connectivity index is 1.46. The highest BCUT2D eigenvalue weighted by atomic mass is 31.2. The normalized spacial score (nSPS) is 30.5. The Bertz CT molecular complexity index is 919. The lowest BCUT2D eigenvalue weighted by Crippen LogP contribution is -2.29. The van der Waals surface area contributed by atoms with Crippen LogP contribution in [-0.4, -0.2) is 28.9 Å². The van der Waals surface area contributed by atoms with Gasteiger partial charge in [0.1, 0.15) is 12.0 Å². The standard InChI is InChI=1S/C16H17FN3O6P/c17-12-7-20(16(21)19-15(12)18)14-6-10-8-23-27(22,24-9-13(10)25-14)26-11-4-2-1-3-5-11/h1-5,7,10,13-14H,6,8-9H2,(H2,18,19,21)/t10-,13-,14?,27?/m1/s1. The third-order valence-corrected chi connectivity index (χ3v) is 5.78. The summed E-state index contributed by atoms with van der Waals surface area (Å²) in [5.41, 5.74) is 4.58. The van der Waals surface area contributed by atoms with E-state index in [1.165, 1.54) is 0 Å². The molecule has 0 radical (unpaired) electrons. The first kappa shape index (κ1) is 18.1. The number of ether oxygens (including phenoxy) is 1. The van der Waals surface area contributed by atoms with Crippen molar-refractivity contribution < 1.29 is 27.3 Å². The van der Waals surface area contributed by atoms with Crippen molar-refractivity contribution in [3.63, 3.8) is 0 Å². The SMILES string of the molecule is Nc1nc(=O)n(C2C[C@@H]3COP(=O)(Oc4ccccc4)OC[C@H]3O2)cc1F. The Labute approximate surface area is 153 Å². The summed E-state index contributed by atoms with van der Waals surface area (Å²) in [7, 11) is -3.79. The second-order valence-corrected chi connectivity index (χ2v) is 7.83. The zero-order valence-electron chi connectivity index (χ0n) is 14.1. The first-order valence-corrected chi connectivity index (χ1v) is 9.73. The van der Waals surface area contributed by atoms with E-state index in [1.807, 2.05) is 0 Å². The number of hydrogen-bond acceptors (Lipinski definition) is 8. The molecule has 0 amide bonds. The molecule has 2 saturated heterocycles. The van der Waals surface area contributed by atoms with E-state index >= 15 is 0 Å². The van der Waals surface area contributed by atoms with Gasteiger partial charge in [0.15, 0.2) is 11.6 Å². The maximum Gasteiger partial charge on any atom is 0.530 e. The molecule has 2 N–H and O–H groups in total. The van der Waals surface area contributed by atoms with Gasteiger partial charge in [0.05, 0.1) is 25.5 Å². The van der Waals surface area contributed by atoms with Crippen molar-refractivity contribution in [2.75, 3.05) is 18.9 Å². The maximum atomic E-state index is 13.7. The van der Waals surface area contributed by atoms with Crippen LogP contribution < -0.4 is 15.9 Å². The number of aromatic nitrogens is 2. The van der Waals surface area contributed by atoms with Crippen LogP contribution in [0.5, 0.6) is 5.75 Å². The summed E-state index contributed by atoms with van der Waals surface area (Å²) in [5, 5.41) is 0. The molecule has 0 spiro atoms. The fourth-order valence-corrected chi connectivity index (χ4v) is 4.29. The summed E-state index contributed by atoms with van der Waals surface area (Å²) < 4.78 is 49.3. The molecule has 4 atom stereocenters. The minimum Gasteiger partial charge on any atom is -0.404 e. The maximum absolute atomic E-state index is 13.7. The van der Waals surface area contributed by atoms with Gasteiger partial charge in [-0.05, 0) is 12.1 Å². The van der Waals surface area contributed by atoms with Crippen LogP contribution in [0.4, 0.5) is 10.2 Å². The number of halogens is 1. The van der Waals surface area contributed by atoms with Crippen LogP contribution in [0.15, 0.2) is 41.3 Å². The molecule has 27 heavy (non-hydrogen) atoms. The number of hydrogen-bond donors (Lipinski definition) is 1. The van der Waals surface area contributed by atoms with Crippen LogP contribution in [0.3, 0.4) is 0 Å². The first-order chi connectivity index (χ1) is 12.9. The Morgan fingerprint density at radius 3 is 2.78 bits per heavy atom. The fraction of sp³-hybridized carbons (Fsp3) is 0.375. The highest BCUT2D eigenvalue weighted by molar-refractivity contribution is 7.48. The predicted octanol–water partition coefficient (Wildman–Crippen LogP) is 2.10. The first-order valence-electron chi connectivity index (χ1n) is 8.27. The van der Waals surface area contributed by atoms with Crippen LogP contribution in [-0.2, 0) is 18.3 Å². The molecule has 11 heteroatoms. The number of nitrogen functional groups attached to an aromatic ring is 1. The van der Waals surface area contributed by atoms with E-state index in [0.717, 1.165) is 10.8 Å². The van der Waals surface area contributed by atoms with Crippen molar-refractivity contribution in [1.82, 2.24) is 9.55 Å². The molecule has 2 fully saturated rings. The van der Waals surface area contributed by atoms with Crippen molar-refractivity contribution in [2.24, 2.45) is 5.92 Å². The number of rotatable bonds is 3. The van der Waals surface area contributed by atoms with Gasteiger partial charge in [0.25, 0.3) is 0 Å². The number of nitrogens with two attached hydrogens (primary N) is 1. The van der Waals surface area contributed by atoms with E-state index in [4.69, 9.17) is 24.0 Å². The molecule has 2 aromatic rings. The molecule has 3 heterocycles. The second-order valence-electron chi connectivity index (χ2n) is 6.23. The Kier molecular flexibility index (Phi) is 4.73. The van der Waals surface area contributed by atoms with Crippen molar-refractivity contribution in [3.8, 4) is 5.75 Å². The zero-order chi connectivity index (χ0) is 19.0. The monoisotopic (exact) mass is 397 g/mol. The van der Waals surface area contributed by atoms with Crippen molar-refractivity contribution in [1.29, 1.82) is 0 Å². The summed E-state index contributed by atoms with van der Waals surface area (Å²) in [6.07, 6.45) is 0.0724. The Morgan fingerprint density at radius 2 is 2.00 bits per heavy atom. The molecular weight excluding hydrogens is 380 g/mol. The molecule has 2 aliphatic heterocycles. The van der Waals surface area contributed by atoms with Crippen LogP contribution in [0.25, 0.3) is 0 Å². The molecule has 9 nitrogen and oxygen atoms in total. The lowest BCUT2D eigenvalue weighted by Gasteiger charge is -2.18. The van der Waals surface area contributed by atoms with Crippen LogP contribution in [0, 0.1) is 11.7 Å². The lowest BCUT2D eigenvalue weighted by molar-refractivity contribution is -0.0262. The number of phosphoric ester groups is 1. The summed E-state index contributed by atoms with van der Waals surface area (Å²) >= 11 is 0. The molecule has 0 saturated carbocycles. The average molecular weight is 397 g/mol. The van der Waals surface area contributed by atoms with Gasteiger partial charge in [-0.15, -0.1) is 0 Å². The molecule has 0 aliphatic carbocycles. The number of fused-ring (bicyclic) bond motifs is 1. The molecule has 4 rings (SSSR count). The summed E-state index contributed by atoms with van der Waals surface area (Å²) in [6.45, 7) is -0.00414. The van der Waals surface area contributed by atoms with Crippen molar-refractivity contribution in [2.45, 2.75) is 18.8 Å². The molecule has 2 unspecified atom stereocenters. The number of nitrogens with zero attached hydrogens (tertiary/aromatic N) is 2. The molecular formula is C16H17FN3O6P. The quantitative estimate of drug-likeness (QED) is 0.783. The number of para-hydroxylation sites is 1. The lowest BCUT2D eigenvalue weighted by atomic mass is 10.0. The largest absolute Gasteiger partial charge is 0.530 e. The fourth-order valence-electron chi connectivity index (χ4n) is 3.03. The van der Waals surface area contributed by atoms with Crippen molar-refractivity contribution in [3.05, 3.63) is 52.8 Å². The minimum atomic E-state index is -3.79. The minimum absolute atomic E-state index is 0.0465. The van der Waals surface area contributed by atoms with E-state index in [0.29, 0.717) is 12.2 Å². The van der Waals surface area contributed by atoms with Gasteiger partial charge >= 0.3 is 13.5 Å². The molecule has 1 aromatic heterocycles. The molecule has 0 bridgehead atoms. The van der Waals surface area contributed by atoms with Gasteiger partial charge in [0, 0.05) is 12.3 Å². The van der Waals surface area contributed by atoms with Gasteiger partial charge in [-0.25, -0.2) is 13.8 Å². The highest BCUT2D eigenvalue weighted by Gasteiger charge is 2.44.